The van der Waals surface area contributed by atoms with Gasteiger partial charge in [-0.2, -0.15) is 0 Å². The number of primary amides is 1. The number of amides is 1. The van der Waals surface area contributed by atoms with E-state index in [0.29, 0.717) is 11.5 Å². The van der Waals surface area contributed by atoms with E-state index in [2.05, 4.69) is 4.90 Å². The van der Waals surface area contributed by atoms with Gasteiger partial charge in [-0.05, 0) is 24.3 Å². The SMILES string of the molecule is COC(OC)C1CN(c2ccc(C(N)=O)cc2)C1. The summed E-state index contributed by atoms with van der Waals surface area (Å²) in [6, 6.07) is 7.31. The summed E-state index contributed by atoms with van der Waals surface area (Å²) >= 11 is 0. The molecular weight excluding hydrogens is 232 g/mol. The number of carbonyl (C=O) groups is 1. The zero-order valence-corrected chi connectivity index (χ0v) is 10.6. The number of anilines is 1. The van der Waals surface area contributed by atoms with Gasteiger partial charge in [0, 0.05) is 44.5 Å². The second-order valence-electron chi connectivity index (χ2n) is 4.42. The van der Waals surface area contributed by atoms with E-state index in [4.69, 9.17) is 15.2 Å². The van der Waals surface area contributed by atoms with Crippen molar-refractivity contribution in [2.45, 2.75) is 6.29 Å². The number of benzene rings is 1. The van der Waals surface area contributed by atoms with Crippen LogP contribution < -0.4 is 10.6 Å². The smallest absolute Gasteiger partial charge is 0.248 e. The molecule has 1 heterocycles. The minimum atomic E-state index is -0.401. The van der Waals surface area contributed by atoms with Gasteiger partial charge in [0.25, 0.3) is 0 Å². The Hall–Kier alpha value is -1.59. The van der Waals surface area contributed by atoms with Crippen LogP contribution in [0.5, 0.6) is 0 Å². The minimum absolute atomic E-state index is 0.147. The van der Waals surface area contributed by atoms with Gasteiger partial charge in [0.05, 0.1) is 0 Å². The summed E-state index contributed by atoms with van der Waals surface area (Å²) < 4.78 is 10.5. The van der Waals surface area contributed by atoms with Crippen LogP contribution in [0.25, 0.3) is 0 Å². The summed E-state index contributed by atoms with van der Waals surface area (Å²) in [6.45, 7) is 1.78. The Balaban J connectivity index is 1.94. The highest BCUT2D eigenvalue weighted by molar-refractivity contribution is 5.93. The molecule has 0 unspecified atom stereocenters. The van der Waals surface area contributed by atoms with Crippen molar-refractivity contribution in [1.29, 1.82) is 0 Å². The second kappa shape index (κ2) is 5.37. The summed E-state index contributed by atoms with van der Waals surface area (Å²) in [4.78, 5) is 13.2. The first-order chi connectivity index (χ1) is 8.65. The Labute approximate surface area is 106 Å². The highest BCUT2D eigenvalue weighted by Crippen LogP contribution is 2.27. The molecule has 1 aromatic rings. The summed E-state index contributed by atoms with van der Waals surface area (Å²) in [7, 11) is 3.30. The average molecular weight is 250 g/mol. The fourth-order valence-corrected chi connectivity index (χ4v) is 2.21. The molecular formula is C13H18N2O3. The van der Waals surface area contributed by atoms with Crippen LogP contribution in [0.3, 0.4) is 0 Å². The Morgan fingerprint density at radius 1 is 1.28 bits per heavy atom. The second-order valence-corrected chi connectivity index (χ2v) is 4.42. The Bertz CT molecular complexity index is 409. The normalized spacial score (nSPS) is 15.8. The van der Waals surface area contributed by atoms with Crippen molar-refractivity contribution in [3.8, 4) is 0 Å². The number of nitrogens with zero attached hydrogens (tertiary/aromatic N) is 1. The Morgan fingerprint density at radius 3 is 2.28 bits per heavy atom. The van der Waals surface area contributed by atoms with Crippen LogP contribution in [0.15, 0.2) is 24.3 Å². The molecule has 2 N–H and O–H groups in total. The largest absolute Gasteiger partial charge is 0.370 e. The predicted octanol–water partition coefficient (Wildman–Crippen LogP) is 0.841. The number of ether oxygens (including phenoxy) is 2. The molecule has 1 aromatic carbocycles. The van der Waals surface area contributed by atoms with E-state index in [1.807, 2.05) is 12.1 Å². The van der Waals surface area contributed by atoms with Gasteiger partial charge in [-0.15, -0.1) is 0 Å². The first-order valence-electron chi connectivity index (χ1n) is 5.86. The van der Waals surface area contributed by atoms with E-state index in [1.54, 1.807) is 26.4 Å². The topological polar surface area (TPSA) is 64.8 Å². The summed E-state index contributed by atoms with van der Waals surface area (Å²) in [5.41, 5.74) is 6.81. The van der Waals surface area contributed by atoms with E-state index in [9.17, 15) is 4.79 Å². The van der Waals surface area contributed by atoms with Crippen molar-refractivity contribution in [3.63, 3.8) is 0 Å². The van der Waals surface area contributed by atoms with Gasteiger partial charge in [0.1, 0.15) is 0 Å². The Morgan fingerprint density at radius 2 is 1.83 bits per heavy atom. The molecule has 18 heavy (non-hydrogen) atoms. The lowest BCUT2D eigenvalue weighted by atomic mass is 9.98. The maximum atomic E-state index is 11.0. The molecule has 0 spiro atoms. The number of methoxy groups -OCH3 is 2. The van der Waals surface area contributed by atoms with E-state index in [0.717, 1.165) is 18.8 Å². The van der Waals surface area contributed by atoms with Gasteiger partial charge < -0.3 is 20.1 Å². The van der Waals surface area contributed by atoms with E-state index < -0.39 is 5.91 Å². The molecule has 0 aliphatic carbocycles. The van der Waals surface area contributed by atoms with Crippen molar-refractivity contribution in [3.05, 3.63) is 29.8 Å². The van der Waals surface area contributed by atoms with Gasteiger partial charge in [-0.25, -0.2) is 0 Å². The predicted molar refractivity (Wildman–Crippen MR) is 68.5 cm³/mol. The number of hydrogen-bond acceptors (Lipinski definition) is 4. The summed E-state index contributed by atoms with van der Waals surface area (Å²) in [6.07, 6.45) is -0.147. The van der Waals surface area contributed by atoms with Crippen molar-refractivity contribution in [1.82, 2.24) is 0 Å². The molecule has 0 aromatic heterocycles. The molecule has 0 bridgehead atoms. The van der Waals surface area contributed by atoms with Crippen LogP contribution in [-0.2, 0) is 9.47 Å². The van der Waals surface area contributed by atoms with Crippen LogP contribution >= 0.6 is 0 Å². The molecule has 0 radical (unpaired) electrons. The molecule has 1 aliphatic heterocycles. The van der Waals surface area contributed by atoms with Gasteiger partial charge in [-0.1, -0.05) is 0 Å². The number of nitrogens with two attached hydrogens (primary N) is 1. The van der Waals surface area contributed by atoms with Crippen LogP contribution in [-0.4, -0.2) is 39.5 Å². The van der Waals surface area contributed by atoms with Crippen LogP contribution in [0, 0.1) is 5.92 Å². The van der Waals surface area contributed by atoms with Gasteiger partial charge in [-0.3, -0.25) is 4.79 Å². The first-order valence-corrected chi connectivity index (χ1v) is 5.86. The molecule has 1 saturated heterocycles. The molecule has 1 fully saturated rings. The third-order valence-corrected chi connectivity index (χ3v) is 3.28. The van der Waals surface area contributed by atoms with Gasteiger partial charge in [0.15, 0.2) is 6.29 Å². The van der Waals surface area contributed by atoms with E-state index in [-0.39, 0.29) is 6.29 Å². The lowest BCUT2D eigenvalue weighted by Gasteiger charge is -2.43. The number of carbonyl (C=O) groups excluding carboxylic acids is 1. The number of rotatable bonds is 5. The highest BCUT2D eigenvalue weighted by Gasteiger charge is 2.33. The molecule has 1 amide bonds. The fourth-order valence-electron chi connectivity index (χ4n) is 2.21. The molecule has 1 aliphatic rings. The summed E-state index contributed by atoms with van der Waals surface area (Å²) in [5, 5.41) is 0. The zero-order valence-electron chi connectivity index (χ0n) is 10.6. The average Bonchev–Trinajstić information content (AvgIpc) is 2.33. The maximum Gasteiger partial charge on any atom is 0.248 e. The van der Waals surface area contributed by atoms with Crippen molar-refractivity contribution < 1.29 is 14.3 Å². The molecule has 5 nitrogen and oxygen atoms in total. The Kier molecular flexibility index (Phi) is 3.84. The molecule has 2 rings (SSSR count). The fraction of sp³-hybridized carbons (Fsp3) is 0.462. The van der Waals surface area contributed by atoms with Crippen molar-refractivity contribution in [2.24, 2.45) is 11.7 Å². The van der Waals surface area contributed by atoms with Crippen molar-refractivity contribution >= 4 is 11.6 Å². The molecule has 5 heteroatoms. The molecule has 98 valence electrons. The van der Waals surface area contributed by atoms with E-state index >= 15 is 0 Å². The zero-order chi connectivity index (χ0) is 13.1. The minimum Gasteiger partial charge on any atom is -0.370 e. The molecule has 0 saturated carbocycles. The lowest BCUT2D eigenvalue weighted by Crippen LogP contribution is -2.53. The van der Waals surface area contributed by atoms with E-state index in [1.165, 1.54) is 0 Å². The van der Waals surface area contributed by atoms with Crippen LogP contribution in [0.1, 0.15) is 10.4 Å². The number of hydrogen-bond donors (Lipinski definition) is 1. The van der Waals surface area contributed by atoms with Crippen molar-refractivity contribution in [2.75, 3.05) is 32.2 Å². The lowest BCUT2D eigenvalue weighted by molar-refractivity contribution is -0.142. The maximum absolute atomic E-state index is 11.0. The van der Waals surface area contributed by atoms with Gasteiger partial charge in [0.2, 0.25) is 5.91 Å². The van der Waals surface area contributed by atoms with Crippen LogP contribution in [0.4, 0.5) is 5.69 Å². The first kappa shape index (κ1) is 12.9. The third kappa shape index (κ3) is 2.47. The molecule has 0 atom stereocenters. The monoisotopic (exact) mass is 250 g/mol. The standard InChI is InChI=1S/C13H18N2O3/c1-17-13(18-2)10-7-15(8-10)11-5-3-9(4-6-11)12(14)16/h3-6,10,13H,7-8H2,1-2H3,(H2,14,16). The quantitative estimate of drug-likeness (QED) is 0.786. The summed E-state index contributed by atoms with van der Waals surface area (Å²) in [5.74, 6) is -0.0160. The highest BCUT2D eigenvalue weighted by atomic mass is 16.7. The third-order valence-electron chi connectivity index (χ3n) is 3.28. The van der Waals surface area contributed by atoms with Crippen LogP contribution in [0.2, 0.25) is 0 Å². The van der Waals surface area contributed by atoms with Gasteiger partial charge >= 0.3 is 0 Å².